The Morgan fingerprint density at radius 2 is 2.15 bits per heavy atom. The number of thioether (sulfide) groups is 1. The summed E-state index contributed by atoms with van der Waals surface area (Å²) >= 11 is 7.43. The number of aryl methyl sites for hydroxylation is 1. The number of nitriles is 1. The Bertz CT molecular complexity index is 658. The molecule has 0 saturated heterocycles. The summed E-state index contributed by atoms with van der Waals surface area (Å²) in [6.45, 7) is 0. The van der Waals surface area contributed by atoms with E-state index in [2.05, 4.69) is 20.5 Å². The average Bonchev–Trinajstić information content (AvgIpc) is 2.90. The summed E-state index contributed by atoms with van der Waals surface area (Å²) in [5, 5.41) is 20.3. The van der Waals surface area contributed by atoms with Crippen molar-refractivity contribution in [1.29, 1.82) is 5.26 Å². The molecule has 0 amide bonds. The number of aromatic nitrogens is 4. The quantitative estimate of drug-likeness (QED) is 0.365. The average molecular weight is 308 g/mol. The van der Waals surface area contributed by atoms with Crippen LogP contribution in [0.15, 0.2) is 29.3 Å². The highest BCUT2D eigenvalue weighted by atomic mass is 35.5. The number of amidine groups is 1. The van der Waals surface area contributed by atoms with Crippen LogP contribution >= 0.6 is 23.5 Å². The van der Waals surface area contributed by atoms with Crippen LogP contribution in [0.5, 0.6) is 0 Å². The monoisotopic (exact) mass is 307 g/mol. The lowest BCUT2D eigenvalue weighted by Crippen LogP contribution is -2.16. The molecule has 0 aliphatic rings. The molecule has 20 heavy (non-hydrogen) atoms. The molecule has 102 valence electrons. The highest BCUT2D eigenvalue weighted by Gasteiger charge is 2.12. The molecule has 0 N–H and O–H groups in total. The van der Waals surface area contributed by atoms with Gasteiger partial charge in [0.25, 0.3) is 0 Å². The number of halogens is 1. The van der Waals surface area contributed by atoms with E-state index in [0.717, 1.165) is 5.56 Å². The zero-order valence-electron chi connectivity index (χ0n) is 10.7. The van der Waals surface area contributed by atoms with Crippen LogP contribution in [-0.4, -0.2) is 31.6 Å². The number of anilines is 1. The Morgan fingerprint density at radius 3 is 2.65 bits per heavy atom. The number of hydrogen-bond acceptors (Lipinski definition) is 6. The van der Waals surface area contributed by atoms with Crippen molar-refractivity contribution in [2.24, 2.45) is 12.0 Å². The van der Waals surface area contributed by atoms with Gasteiger partial charge in [-0.15, -0.1) is 10.1 Å². The minimum Gasteiger partial charge on any atom is -0.230 e. The SMILES string of the molecule is CSC(=NC#N)N(Cl)c1ccc(-c2nnnn2C)cc1. The van der Waals surface area contributed by atoms with E-state index in [1.165, 1.54) is 16.2 Å². The lowest BCUT2D eigenvalue weighted by molar-refractivity contribution is 0.714. The van der Waals surface area contributed by atoms with Crippen molar-refractivity contribution in [3.8, 4) is 17.6 Å². The van der Waals surface area contributed by atoms with E-state index >= 15 is 0 Å². The Hall–Kier alpha value is -2.11. The van der Waals surface area contributed by atoms with E-state index in [1.54, 1.807) is 36.3 Å². The second kappa shape index (κ2) is 6.36. The predicted octanol–water partition coefficient (Wildman–Crippen LogP) is 2.04. The number of nitrogens with zero attached hydrogens (tertiary/aromatic N) is 7. The molecule has 0 bridgehead atoms. The molecule has 0 saturated carbocycles. The molecule has 0 spiro atoms. The molecule has 1 aromatic carbocycles. The lowest BCUT2D eigenvalue weighted by atomic mass is 10.2. The van der Waals surface area contributed by atoms with E-state index < -0.39 is 0 Å². The number of tetrazole rings is 1. The van der Waals surface area contributed by atoms with Gasteiger partial charge < -0.3 is 0 Å². The highest BCUT2D eigenvalue weighted by Crippen LogP contribution is 2.24. The molecule has 0 aliphatic heterocycles. The molecule has 0 aliphatic carbocycles. The molecular weight excluding hydrogens is 298 g/mol. The Kier molecular flexibility index (Phi) is 4.55. The Balaban J connectivity index is 2.27. The van der Waals surface area contributed by atoms with Crippen LogP contribution in [-0.2, 0) is 7.05 Å². The zero-order chi connectivity index (χ0) is 14.5. The van der Waals surface area contributed by atoms with Gasteiger partial charge in [0.05, 0.1) is 5.69 Å². The van der Waals surface area contributed by atoms with Gasteiger partial charge in [-0.25, -0.2) is 9.10 Å². The van der Waals surface area contributed by atoms with Crippen LogP contribution in [0.3, 0.4) is 0 Å². The van der Waals surface area contributed by atoms with Gasteiger partial charge in [0, 0.05) is 24.4 Å². The third-order valence-corrected chi connectivity index (χ3v) is 3.56. The summed E-state index contributed by atoms with van der Waals surface area (Å²) in [4.78, 5) is 3.65. The highest BCUT2D eigenvalue weighted by molar-refractivity contribution is 8.13. The Morgan fingerprint density at radius 1 is 1.45 bits per heavy atom. The summed E-state index contributed by atoms with van der Waals surface area (Å²) < 4.78 is 2.91. The zero-order valence-corrected chi connectivity index (χ0v) is 12.3. The van der Waals surface area contributed by atoms with Crippen molar-refractivity contribution in [2.75, 3.05) is 10.7 Å². The van der Waals surface area contributed by atoms with Crippen molar-refractivity contribution < 1.29 is 0 Å². The van der Waals surface area contributed by atoms with Gasteiger partial charge in [0.1, 0.15) is 0 Å². The van der Waals surface area contributed by atoms with Crippen LogP contribution in [0, 0.1) is 11.5 Å². The fraction of sp³-hybridized carbons (Fsp3) is 0.182. The number of benzene rings is 1. The van der Waals surface area contributed by atoms with Gasteiger partial charge in [-0.3, -0.25) is 0 Å². The van der Waals surface area contributed by atoms with E-state index in [1.807, 2.05) is 12.1 Å². The molecule has 9 heteroatoms. The largest absolute Gasteiger partial charge is 0.230 e. The molecule has 0 radical (unpaired) electrons. The van der Waals surface area contributed by atoms with E-state index in [0.29, 0.717) is 16.7 Å². The molecular formula is C11H10ClN7S. The smallest absolute Gasteiger partial charge is 0.208 e. The van der Waals surface area contributed by atoms with Crippen molar-refractivity contribution in [3.63, 3.8) is 0 Å². The van der Waals surface area contributed by atoms with E-state index in [-0.39, 0.29) is 0 Å². The first-order chi connectivity index (χ1) is 9.67. The summed E-state index contributed by atoms with van der Waals surface area (Å²) in [5.74, 6) is 0.661. The van der Waals surface area contributed by atoms with Crippen LogP contribution < -0.4 is 4.42 Å². The van der Waals surface area contributed by atoms with Crippen molar-refractivity contribution >= 4 is 34.4 Å². The van der Waals surface area contributed by atoms with Gasteiger partial charge in [0.2, 0.25) is 6.19 Å². The minimum atomic E-state index is 0.405. The second-order valence-electron chi connectivity index (χ2n) is 3.65. The van der Waals surface area contributed by atoms with Crippen molar-refractivity contribution in [3.05, 3.63) is 24.3 Å². The molecule has 1 heterocycles. The molecule has 7 nitrogen and oxygen atoms in total. The van der Waals surface area contributed by atoms with Gasteiger partial charge in [-0.2, -0.15) is 5.26 Å². The summed E-state index contributed by atoms with van der Waals surface area (Å²) in [7, 11) is 1.77. The second-order valence-corrected chi connectivity index (χ2v) is 4.76. The lowest BCUT2D eigenvalue weighted by Gasteiger charge is -2.15. The molecule has 0 unspecified atom stereocenters. The van der Waals surface area contributed by atoms with Gasteiger partial charge in [-0.1, -0.05) is 11.8 Å². The fourth-order valence-electron chi connectivity index (χ4n) is 1.54. The maximum absolute atomic E-state index is 8.60. The standard InChI is InChI=1S/C11H10ClN7S/c1-18-10(15-16-17-18)8-3-5-9(6-4-8)19(12)11(20-2)14-7-13/h3-6H,1-2H3. The van der Waals surface area contributed by atoms with Crippen molar-refractivity contribution in [2.45, 2.75) is 0 Å². The maximum Gasteiger partial charge on any atom is 0.208 e. The van der Waals surface area contributed by atoms with Crippen LogP contribution in [0.25, 0.3) is 11.4 Å². The maximum atomic E-state index is 8.60. The normalized spacial score (nSPS) is 11.2. The van der Waals surface area contributed by atoms with Crippen LogP contribution in [0.4, 0.5) is 5.69 Å². The minimum absolute atomic E-state index is 0.405. The topological polar surface area (TPSA) is 83.0 Å². The number of aliphatic imine (C=N–C) groups is 1. The number of rotatable bonds is 2. The van der Waals surface area contributed by atoms with E-state index in [4.69, 9.17) is 17.0 Å². The van der Waals surface area contributed by atoms with Gasteiger partial charge in [0.15, 0.2) is 11.0 Å². The summed E-state index contributed by atoms with van der Waals surface area (Å²) in [6, 6.07) is 7.31. The first-order valence-corrected chi connectivity index (χ1v) is 7.03. The van der Waals surface area contributed by atoms with Gasteiger partial charge >= 0.3 is 0 Å². The third-order valence-electron chi connectivity index (χ3n) is 2.47. The van der Waals surface area contributed by atoms with Crippen LogP contribution in [0.2, 0.25) is 0 Å². The molecule has 2 aromatic rings. The number of hydrogen-bond donors (Lipinski definition) is 0. The molecule has 1 aromatic heterocycles. The Labute approximate surface area is 125 Å². The molecule has 0 fully saturated rings. The fourth-order valence-corrected chi connectivity index (χ4v) is 2.29. The molecule has 2 rings (SSSR count). The first-order valence-electron chi connectivity index (χ1n) is 5.47. The predicted molar refractivity (Wildman–Crippen MR) is 79.1 cm³/mol. The van der Waals surface area contributed by atoms with E-state index in [9.17, 15) is 0 Å². The van der Waals surface area contributed by atoms with Crippen molar-refractivity contribution in [1.82, 2.24) is 20.2 Å². The molecule has 0 atom stereocenters. The summed E-state index contributed by atoms with van der Waals surface area (Å²) in [5.41, 5.74) is 1.57. The first kappa shape index (κ1) is 14.3. The third kappa shape index (κ3) is 2.89. The van der Waals surface area contributed by atoms with Crippen LogP contribution in [0.1, 0.15) is 0 Å². The summed E-state index contributed by atoms with van der Waals surface area (Å²) in [6.07, 6.45) is 3.52. The van der Waals surface area contributed by atoms with Gasteiger partial charge in [-0.05, 0) is 40.9 Å².